The van der Waals surface area contributed by atoms with Crippen LogP contribution in [0.5, 0.6) is 0 Å². The van der Waals surface area contributed by atoms with Gasteiger partial charge in [0.2, 0.25) is 0 Å². The Morgan fingerprint density at radius 3 is 2.75 bits per heavy atom. The Balaban J connectivity index is 1.69. The second-order valence-electron chi connectivity index (χ2n) is 5.89. The SMILES string of the molecule is COC(=O)c1scc(C)c1NC(=O)N1CC[C@@H](c2ccccc2)C1. The maximum Gasteiger partial charge on any atom is 0.350 e. The molecule has 126 valence electrons. The molecule has 1 aromatic heterocycles. The molecule has 1 fully saturated rings. The molecule has 2 amide bonds. The summed E-state index contributed by atoms with van der Waals surface area (Å²) in [5, 5.41) is 4.73. The third-order valence-corrected chi connectivity index (χ3v) is 5.40. The average Bonchev–Trinajstić information content (AvgIpc) is 3.23. The number of hydrogen-bond acceptors (Lipinski definition) is 4. The number of methoxy groups -OCH3 is 1. The molecule has 3 rings (SSSR count). The van der Waals surface area contributed by atoms with Crippen molar-refractivity contribution in [3.8, 4) is 0 Å². The summed E-state index contributed by atoms with van der Waals surface area (Å²) in [7, 11) is 1.34. The van der Waals surface area contributed by atoms with Crippen molar-refractivity contribution in [3.63, 3.8) is 0 Å². The van der Waals surface area contributed by atoms with E-state index >= 15 is 0 Å². The molecule has 1 aromatic carbocycles. The van der Waals surface area contributed by atoms with Crippen LogP contribution in [-0.4, -0.2) is 37.1 Å². The Hall–Kier alpha value is -2.34. The first-order valence-electron chi connectivity index (χ1n) is 7.87. The van der Waals surface area contributed by atoms with Crippen LogP contribution >= 0.6 is 11.3 Å². The van der Waals surface area contributed by atoms with E-state index in [4.69, 9.17) is 4.74 Å². The van der Waals surface area contributed by atoms with Crippen molar-refractivity contribution in [1.82, 2.24) is 4.90 Å². The number of thiophene rings is 1. The zero-order chi connectivity index (χ0) is 17.1. The van der Waals surface area contributed by atoms with Gasteiger partial charge < -0.3 is 15.0 Å². The summed E-state index contributed by atoms with van der Waals surface area (Å²) in [6.07, 6.45) is 0.948. The molecule has 0 aliphatic carbocycles. The van der Waals surface area contributed by atoms with E-state index in [0.29, 0.717) is 29.6 Å². The summed E-state index contributed by atoms with van der Waals surface area (Å²) in [5.74, 6) is -0.0624. The lowest BCUT2D eigenvalue weighted by Gasteiger charge is -2.18. The predicted octanol–water partition coefficient (Wildman–Crippen LogP) is 3.86. The first-order valence-corrected chi connectivity index (χ1v) is 8.75. The van der Waals surface area contributed by atoms with Crippen molar-refractivity contribution in [2.24, 2.45) is 0 Å². The smallest absolute Gasteiger partial charge is 0.350 e. The summed E-state index contributed by atoms with van der Waals surface area (Å²) in [6.45, 7) is 3.27. The third-order valence-electron chi connectivity index (χ3n) is 4.32. The van der Waals surface area contributed by atoms with E-state index in [2.05, 4.69) is 17.4 Å². The second-order valence-corrected chi connectivity index (χ2v) is 6.77. The maximum absolute atomic E-state index is 12.6. The predicted molar refractivity (Wildman–Crippen MR) is 94.8 cm³/mol. The molecule has 1 aliphatic heterocycles. The van der Waals surface area contributed by atoms with E-state index in [1.807, 2.05) is 30.5 Å². The number of amides is 2. The average molecular weight is 344 g/mol. The Bertz CT molecular complexity index is 742. The Labute approximate surface area is 145 Å². The molecule has 1 atom stereocenters. The molecule has 0 bridgehead atoms. The lowest BCUT2D eigenvalue weighted by Crippen LogP contribution is -2.33. The molecule has 2 heterocycles. The normalized spacial score (nSPS) is 16.9. The van der Waals surface area contributed by atoms with Crippen LogP contribution in [0.3, 0.4) is 0 Å². The molecule has 0 spiro atoms. The van der Waals surface area contributed by atoms with Crippen molar-refractivity contribution in [3.05, 3.63) is 51.7 Å². The zero-order valence-electron chi connectivity index (χ0n) is 13.7. The van der Waals surface area contributed by atoms with Crippen molar-refractivity contribution in [2.75, 3.05) is 25.5 Å². The molecule has 1 aliphatic rings. The highest BCUT2D eigenvalue weighted by atomic mass is 32.1. The number of esters is 1. The quantitative estimate of drug-likeness (QED) is 0.860. The highest BCUT2D eigenvalue weighted by Crippen LogP contribution is 2.31. The van der Waals surface area contributed by atoms with Crippen molar-refractivity contribution < 1.29 is 14.3 Å². The van der Waals surface area contributed by atoms with Crippen LogP contribution in [0.1, 0.15) is 33.1 Å². The highest BCUT2D eigenvalue weighted by molar-refractivity contribution is 7.12. The molecular formula is C18H20N2O3S. The molecule has 6 heteroatoms. The van der Waals surface area contributed by atoms with Gasteiger partial charge in [-0.2, -0.15) is 0 Å². The Morgan fingerprint density at radius 2 is 2.04 bits per heavy atom. The third kappa shape index (κ3) is 3.28. The van der Waals surface area contributed by atoms with Crippen LogP contribution in [0, 0.1) is 6.92 Å². The van der Waals surface area contributed by atoms with Crippen molar-refractivity contribution in [1.29, 1.82) is 0 Å². The first-order chi connectivity index (χ1) is 11.6. The number of nitrogens with zero attached hydrogens (tertiary/aromatic N) is 1. The minimum absolute atomic E-state index is 0.167. The topological polar surface area (TPSA) is 58.6 Å². The second kappa shape index (κ2) is 7.05. The van der Waals surface area contributed by atoms with Gasteiger partial charge in [-0.05, 0) is 29.9 Å². The van der Waals surface area contributed by atoms with E-state index in [-0.39, 0.29) is 6.03 Å². The number of aryl methyl sites for hydroxylation is 1. The van der Waals surface area contributed by atoms with Crippen LogP contribution in [0.4, 0.5) is 10.5 Å². The summed E-state index contributed by atoms with van der Waals surface area (Å²) >= 11 is 1.28. The molecule has 5 nitrogen and oxygen atoms in total. The number of urea groups is 1. The molecule has 0 unspecified atom stereocenters. The number of anilines is 1. The van der Waals surface area contributed by atoms with Gasteiger partial charge in [0, 0.05) is 19.0 Å². The van der Waals surface area contributed by atoms with Crippen molar-refractivity contribution >= 4 is 29.0 Å². The van der Waals surface area contributed by atoms with Gasteiger partial charge >= 0.3 is 12.0 Å². The Kier molecular flexibility index (Phi) is 4.85. The van der Waals surface area contributed by atoms with Crippen LogP contribution < -0.4 is 5.32 Å². The number of carbonyl (C=O) groups is 2. The minimum atomic E-state index is -0.424. The molecule has 2 aromatic rings. The lowest BCUT2D eigenvalue weighted by atomic mass is 9.99. The fourth-order valence-corrected chi connectivity index (χ4v) is 3.89. The van der Waals surface area contributed by atoms with Gasteiger partial charge in [0.15, 0.2) is 0 Å². The number of carbonyl (C=O) groups excluding carboxylic acids is 2. The van der Waals surface area contributed by atoms with E-state index in [1.54, 1.807) is 4.90 Å². The fourth-order valence-electron chi connectivity index (χ4n) is 2.97. The number of nitrogens with one attached hydrogen (secondary N) is 1. The van der Waals surface area contributed by atoms with E-state index < -0.39 is 5.97 Å². The molecule has 0 saturated carbocycles. The maximum atomic E-state index is 12.6. The zero-order valence-corrected chi connectivity index (χ0v) is 14.6. The standard InChI is InChI=1S/C18H20N2O3S/c1-12-11-24-16(17(21)23-2)15(12)19-18(22)20-9-8-14(10-20)13-6-4-3-5-7-13/h3-7,11,14H,8-10H2,1-2H3,(H,19,22)/t14-/m1/s1. The van der Waals surface area contributed by atoms with Gasteiger partial charge in [-0.3, -0.25) is 0 Å². The van der Waals surface area contributed by atoms with Gasteiger partial charge in [0.1, 0.15) is 4.88 Å². The largest absolute Gasteiger partial charge is 0.465 e. The molecule has 1 N–H and O–H groups in total. The van der Waals surface area contributed by atoms with E-state index in [0.717, 1.165) is 12.0 Å². The van der Waals surface area contributed by atoms with Gasteiger partial charge in [-0.1, -0.05) is 30.3 Å². The van der Waals surface area contributed by atoms with Crippen LogP contribution in [-0.2, 0) is 4.74 Å². The molecule has 0 radical (unpaired) electrons. The monoisotopic (exact) mass is 344 g/mol. The number of benzene rings is 1. The summed E-state index contributed by atoms with van der Waals surface area (Å²) < 4.78 is 4.78. The molecule has 1 saturated heterocycles. The number of likely N-dealkylation sites (tertiary alicyclic amines) is 1. The number of ether oxygens (including phenoxy) is 1. The first kappa shape index (κ1) is 16.5. The highest BCUT2D eigenvalue weighted by Gasteiger charge is 2.28. The van der Waals surface area contributed by atoms with Gasteiger partial charge in [-0.15, -0.1) is 11.3 Å². The summed E-state index contributed by atoms with van der Waals surface area (Å²) in [6, 6.07) is 10.1. The minimum Gasteiger partial charge on any atom is -0.465 e. The van der Waals surface area contributed by atoms with Crippen LogP contribution in [0.15, 0.2) is 35.7 Å². The number of hydrogen-bond donors (Lipinski definition) is 1. The van der Waals surface area contributed by atoms with Crippen LogP contribution in [0.2, 0.25) is 0 Å². The van der Waals surface area contributed by atoms with Gasteiger partial charge in [-0.25, -0.2) is 9.59 Å². The van der Waals surface area contributed by atoms with E-state index in [1.165, 1.54) is 24.0 Å². The lowest BCUT2D eigenvalue weighted by molar-refractivity contribution is 0.0607. The van der Waals surface area contributed by atoms with E-state index in [9.17, 15) is 9.59 Å². The summed E-state index contributed by atoms with van der Waals surface area (Å²) in [4.78, 5) is 26.6. The molecular weight excluding hydrogens is 324 g/mol. The Morgan fingerprint density at radius 1 is 1.29 bits per heavy atom. The fraction of sp³-hybridized carbons (Fsp3) is 0.333. The van der Waals surface area contributed by atoms with Gasteiger partial charge in [0.25, 0.3) is 0 Å². The van der Waals surface area contributed by atoms with Crippen molar-refractivity contribution in [2.45, 2.75) is 19.3 Å². The summed E-state index contributed by atoms with van der Waals surface area (Å²) in [5.41, 5.74) is 2.68. The van der Waals surface area contributed by atoms with Crippen LogP contribution in [0.25, 0.3) is 0 Å². The molecule has 24 heavy (non-hydrogen) atoms. The van der Waals surface area contributed by atoms with Gasteiger partial charge in [0.05, 0.1) is 12.8 Å². The number of rotatable bonds is 3.